The lowest BCUT2D eigenvalue weighted by atomic mass is 9.93. The number of nitrogens with one attached hydrogen (secondary N) is 3. The number of aryl methyl sites for hydroxylation is 1. The zero-order valence-corrected chi connectivity index (χ0v) is 18.1. The SMILES string of the molecule is CNC(=O)c1cccc(NC2CCN/C(=C(/C)N)c3ccc(-c4cnn(C)c4)cc32)c1. The normalized spacial score (nSPS) is 17.2. The molecule has 31 heavy (non-hydrogen) atoms. The number of hydrogen-bond donors (Lipinski definition) is 4. The largest absolute Gasteiger partial charge is 0.401 e. The highest BCUT2D eigenvalue weighted by Crippen LogP contribution is 2.35. The van der Waals surface area contributed by atoms with Gasteiger partial charge in [-0.3, -0.25) is 9.48 Å². The van der Waals surface area contributed by atoms with E-state index < -0.39 is 0 Å². The molecule has 1 unspecified atom stereocenters. The fourth-order valence-electron chi connectivity index (χ4n) is 4.02. The minimum absolute atomic E-state index is 0.0518. The number of rotatable bonds is 4. The minimum Gasteiger partial charge on any atom is -0.401 e. The van der Waals surface area contributed by atoms with E-state index in [0.29, 0.717) is 5.56 Å². The zero-order chi connectivity index (χ0) is 22.0. The summed E-state index contributed by atoms with van der Waals surface area (Å²) in [6.07, 6.45) is 4.75. The molecule has 7 nitrogen and oxygen atoms in total. The first-order chi connectivity index (χ1) is 15.0. The van der Waals surface area contributed by atoms with E-state index in [1.165, 1.54) is 0 Å². The molecule has 1 amide bonds. The molecule has 3 aromatic rings. The molecule has 0 aliphatic carbocycles. The summed E-state index contributed by atoms with van der Waals surface area (Å²) >= 11 is 0. The molecular weight excluding hydrogens is 388 g/mol. The second kappa shape index (κ2) is 8.55. The van der Waals surface area contributed by atoms with Crippen molar-refractivity contribution in [1.29, 1.82) is 0 Å². The molecule has 1 aromatic heterocycles. The van der Waals surface area contributed by atoms with Gasteiger partial charge in [-0.2, -0.15) is 5.10 Å². The second-order valence-electron chi connectivity index (χ2n) is 7.84. The first-order valence-corrected chi connectivity index (χ1v) is 10.4. The number of anilines is 1. The number of nitrogens with two attached hydrogens (primary N) is 1. The van der Waals surface area contributed by atoms with Gasteiger partial charge in [-0.15, -0.1) is 0 Å². The lowest BCUT2D eigenvalue weighted by Gasteiger charge is -2.21. The molecule has 1 aliphatic heterocycles. The first-order valence-electron chi connectivity index (χ1n) is 10.4. The van der Waals surface area contributed by atoms with E-state index in [1.54, 1.807) is 11.7 Å². The third-order valence-corrected chi connectivity index (χ3v) is 5.56. The molecular formula is C24H28N6O. The predicted octanol–water partition coefficient (Wildman–Crippen LogP) is 3.24. The number of nitrogens with zero attached hydrogens (tertiary/aromatic N) is 2. The molecule has 0 saturated carbocycles. The third-order valence-electron chi connectivity index (χ3n) is 5.56. The number of aromatic nitrogens is 2. The Bertz CT molecular complexity index is 1140. The van der Waals surface area contributed by atoms with Crippen LogP contribution in [0.5, 0.6) is 0 Å². The standard InChI is InChI=1S/C24H28N6O/c1-15(25)23-20-8-7-16(18-13-28-30(3)14-18)12-21(20)22(9-10-27-23)29-19-6-4-5-17(11-19)24(31)26-2/h4-8,11-14,22,27,29H,9-10,25H2,1-3H3,(H,26,31)/b23-15-. The predicted molar refractivity (Wildman–Crippen MR) is 124 cm³/mol. The lowest BCUT2D eigenvalue weighted by Crippen LogP contribution is -2.18. The van der Waals surface area contributed by atoms with Crippen molar-refractivity contribution >= 4 is 17.3 Å². The van der Waals surface area contributed by atoms with Crippen molar-refractivity contribution in [3.8, 4) is 11.1 Å². The smallest absolute Gasteiger partial charge is 0.251 e. The van der Waals surface area contributed by atoms with Crippen molar-refractivity contribution in [1.82, 2.24) is 20.4 Å². The highest BCUT2D eigenvalue weighted by molar-refractivity contribution is 5.94. The van der Waals surface area contributed by atoms with Gasteiger partial charge in [0.25, 0.3) is 5.91 Å². The molecule has 160 valence electrons. The molecule has 0 saturated heterocycles. The summed E-state index contributed by atoms with van der Waals surface area (Å²) in [4.78, 5) is 12.1. The van der Waals surface area contributed by atoms with Gasteiger partial charge in [0.1, 0.15) is 0 Å². The number of carbonyl (C=O) groups excluding carboxylic acids is 1. The number of allylic oxidation sites excluding steroid dienone is 1. The van der Waals surface area contributed by atoms with Crippen molar-refractivity contribution in [2.24, 2.45) is 12.8 Å². The average Bonchev–Trinajstić information content (AvgIpc) is 3.12. The summed E-state index contributed by atoms with van der Waals surface area (Å²) in [6, 6.07) is 14.1. The van der Waals surface area contributed by atoms with Crippen LogP contribution >= 0.6 is 0 Å². The number of fused-ring (bicyclic) bond motifs is 1. The summed E-state index contributed by atoms with van der Waals surface area (Å²) in [5.74, 6) is -0.102. The van der Waals surface area contributed by atoms with Crippen LogP contribution in [0.3, 0.4) is 0 Å². The van der Waals surface area contributed by atoms with E-state index in [1.807, 2.05) is 50.6 Å². The van der Waals surface area contributed by atoms with Gasteiger partial charge in [-0.1, -0.05) is 18.2 Å². The number of hydrogen-bond acceptors (Lipinski definition) is 5. The Morgan fingerprint density at radius 1 is 1.23 bits per heavy atom. The van der Waals surface area contributed by atoms with E-state index in [2.05, 4.69) is 39.2 Å². The van der Waals surface area contributed by atoms with Gasteiger partial charge in [0.2, 0.25) is 0 Å². The first kappa shape index (κ1) is 20.5. The topological polar surface area (TPSA) is 97.0 Å². The Hall–Kier alpha value is -3.74. The van der Waals surface area contributed by atoms with Gasteiger partial charge in [-0.25, -0.2) is 0 Å². The van der Waals surface area contributed by atoms with E-state index >= 15 is 0 Å². The van der Waals surface area contributed by atoms with Gasteiger partial charge < -0.3 is 21.7 Å². The van der Waals surface area contributed by atoms with Crippen LogP contribution in [0.15, 0.2) is 60.6 Å². The fourth-order valence-corrected chi connectivity index (χ4v) is 4.02. The molecule has 0 bridgehead atoms. The van der Waals surface area contributed by atoms with Crippen LogP contribution in [-0.2, 0) is 7.05 Å². The van der Waals surface area contributed by atoms with Crippen LogP contribution in [0, 0.1) is 0 Å². The monoisotopic (exact) mass is 416 g/mol. The molecule has 1 aliphatic rings. The van der Waals surface area contributed by atoms with E-state index in [-0.39, 0.29) is 11.9 Å². The van der Waals surface area contributed by atoms with E-state index in [0.717, 1.165) is 52.3 Å². The van der Waals surface area contributed by atoms with Crippen LogP contribution in [0.4, 0.5) is 5.69 Å². The van der Waals surface area contributed by atoms with Crippen molar-refractivity contribution < 1.29 is 4.79 Å². The third kappa shape index (κ3) is 4.26. The van der Waals surface area contributed by atoms with Crippen LogP contribution in [0.1, 0.15) is 40.9 Å². The van der Waals surface area contributed by atoms with Crippen molar-refractivity contribution in [3.63, 3.8) is 0 Å². The van der Waals surface area contributed by atoms with Crippen molar-refractivity contribution in [2.75, 3.05) is 18.9 Å². The summed E-state index contributed by atoms with van der Waals surface area (Å²) in [7, 11) is 3.55. The van der Waals surface area contributed by atoms with Crippen LogP contribution < -0.4 is 21.7 Å². The van der Waals surface area contributed by atoms with Gasteiger partial charge in [-0.05, 0) is 48.7 Å². The second-order valence-corrected chi connectivity index (χ2v) is 7.84. The van der Waals surface area contributed by atoms with Gasteiger partial charge in [0.15, 0.2) is 0 Å². The van der Waals surface area contributed by atoms with Gasteiger partial charge >= 0.3 is 0 Å². The van der Waals surface area contributed by atoms with Gasteiger partial charge in [0, 0.05) is 54.9 Å². The average molecular weight is 417 g/mol. The molecule has 5 N–H and O–H groups in total. The Morgan fingerprint density at radius 2 is 2.06 bits per heavy atom. The van der Waals surface area contributed by atoms with Gasteiger partial charge in [0.05, 0.1) is 17.9 Å². The Morgan fingerprint density at radius 3 is 2.77 bits per heavy atom. The summed E-state index contributed by atoms with van der Waals surface area (Å²) < 4.78 is 1.80. The quantitative estimate of drug-likeness (QED) is 0.524. The zero-order valence-electron chi connectivity index (χ0n) is 18.1. The molecule has 0 radical (unpaired) electrons. The summed E-state index contributed by atoms with van der Waals surface area (Å²) in [5.41, 5.74) is 13.9. The highest BCUT2D eigenvalue weighted by Gasteiger charge is 2.23. The van der Waals surface area contributed by atoms with Crippen LogP contribution in [0.25, 0.3) is 16.8 Å². The Labute approximate surface area is 182 Å². The number of benzene rings is 2. The fraction of sp³-hybridized carbons (Fsp3) is 0.250. The van der Waals surface area contributed by atoms with Crippen molar-refractivity contribution in [2.45, 2.75) is 19.4 Å². The lowest BCUT2D eigenvalue weighted by molar-refractivity contribution is 0.0963. The summed E-state index contributed by atoms with van der Waals surface area (Å²) in [6.45, 7) is 2.70. The Balaban J connectivity index is 1.76. The van der Waals surface area contributed by atoms with E-state index in [9.17, 15) is 4.79 Å². The van der Waals surface area contributed by atoms with E-state index in [4.69, 9.17) is 5.73 Å². The van der Waals surface area contributed by atoms with Crippen LogP contribution in [-0.4, -0.2) is 29.3 Å². The van der Waals surface area contributed by atoms with Crippen LogP contribution in [0.2, 0.25) is 0 Å². The molecule has 2 aromatic carbocycles. The molecule has 0 spiro atoms. The maximum Gasteiger partial charge on any atom is 0.251 e. The number of carbonyl (C=O) groups is 1. The maximum atomic E-state index is 12.1. The van der Waals surface area contributed by atoms with Crippen molar-refractivity contribution in [3.05, 3.63) is 77.2 Å². The molecule has 1 atom stereocenters. The maximum absolute atomic E-state index is 12.1. The Kier molecular flexibility index (Phi) is 5.66. The molecule has 0 fully saturated rings. The molecule has 7 heteroatoms. The highest BCUT2D eigenvalue weighted by atomic mass is 16.1. The number of amides is 1. The molecule has 4 rings (SSSR count). The molecule has 2 heterocycles. The summed E-state index contributed by atoms with van der Waals surface area (Å²) in [5, 5.41) is 14.1. The minimum atomic E-state index is -0.102.